The number of amides is 11. The van der Waals surface area contributed by atoms with E-state index in [0.29, 0.717) is 39.5 Å². The smallest absolute Gasteiger partial charge is 0.242 e. The predicted molar refractivity (Wildman–Crippen MR) is 258 cm³/mol. The van der Waals surface area contributed by atoms with E-state index >= 15 is 0 Å². The first-order chi connectivity index (χ1) is 32.6. The number of ether oxygens (including phenoxy) is 2. The van der Waals surface area contributed by atoms with Crippen LogP contribution in [0.15, 0.2) is 0 Å². The van der Waals surface area contributed by atoms with Crippen LogP contribution in [0.5, 0.6) is 0 Å². The number of carbonyl (C=O) groups excluding carboxylic acids is 11. The van der Waals surface area contributed by atoms with Crippen molar-refractivity contribution in [2.45, 2.75) is 46.6 Å². The summed E-state index contributed by atoms with van der Waals surface area (Å²) >= 11 is 0. The van der Waals surface area contributed by atoms with Crippen molar-refractivity contribution >= 4 is 65.0 Å². The number of rotatable bonds is 33. The van der Waals surface area contributed by atoms with Crippen molar-refractivity contribution < 1.29 is 62.2 Å². The Kier molecular flexibility index (Phi) is 30.7. The van der Waals surface area contributed by atoms with Gasteiger partial charge in [0.05, 0.1) is 78.2 Å². The normalized spacial score (nSPS) is 10.8. The molecule has 0 fully saturated rings. The first kappa shape index (κ1) is 64.0. The third kappa shape index (κ3) is 26.1. The van der Waals surface area contributed by atoms with E-state index in [9.17, 15) is 52.7 Å². The van der Waals surface area contributed by atoms with Crippen LogP contribution in [-0.2, 0) is 62.2 Å². The Hall–Kier alpha value is -5.95. The van der Waals surface area contributed by atoms with Gasteiger partial charge in [-0.25, -0.2) is 0 Å². The summed E-state index contributed by atoms with van der Waals surface area (Å²) in [5, 5.41) is 2.63. The lowest BCUT2D eigenvalue weighted by atomic mass is 10.3. The Balaban J connectivity index is 4.86. The summed E-state index contributed by atoms with van der Waals surface area (Å²) < 4.78 is 10.9. The Morgan fingerprint density at radius 3 is 1.03 bits per heavy atom. The molecule has 0 aromatic carbocycles. The van der Waals surface area contributed by atoms with Crippen LogP contribution in [0, 0.1) is 0 Å². The van der Waals surface area contributed by atoms with Gasteiger partial charge in [-0.2, -0.15) is 0 Å². The molecule has 0 aliphatic heterocycles. The Bertz CT molecular complexity index is 1770. The molecule has 0 aromatic heterocycles. The Labute approximate surface area is 414 Å². The maximum Gasteiger partial charge on any atom is 0.242 e. The maximum absolute atomic E-state index is 13.0. The fraction of sp³-hybridized carbons (Fsp3) is 0.756. The maximum atomic E-state index is 13.0. The van der Waals surface area contributed by atoms with Gasteiger partial charge in [0.1, 0.15) is 0 Å². The molecule has 0 aliphatic carbocycles. The molecule has 0 unspecified atom stereocenters. The van der Waals surface area contributed by atoms with Crippen LogP contribution in [0.4, 0.5) is 0 Å². The van der Waals surface area contributed by atoms with E-state index in [-0.39, 0.29) is 56.9 Å². The number of hydrogen-bond donors (Lipinski definition) is 1. The summed E-state index contributed by atoms with van der Waals surface area (Å²) in [6.45, 7) is 7.52. The summed E-state index contributed by atoms with van der Waals surface area (Å²) in [5.74, 6) is -5.50. The molecular formula is C45H82N12O13. The molecule has 0 rings (SSSR count). The molecule has 400 valence electrons. The summed E-state index contributed by atoms with van der Waals surface area (Å²) in [5.41, 5.74) is 0. The summed E-state index contributed by atoms with van der Waals surface area (Å²) in [6.07, 6.45) is 0.285. The summed E-state index contributed by atoms with van der Waals surface area (Å²) in [4.78, 5) is 155. The molecule has 1 N–H and O–H groups in total. The number of nitrogens with zero attached hydrogens (tertiary/aromatic N) is 11. The van der Waals surface area contributed by atoms with E-state index in [1.165, 1.54) is 68.3 Å². The molecule has 0 aliphatic rings. The van der Waals surface area contributed by atoms with Gasteiger partial charge in [0.15, 0.2) is 0 Å². The van der Waals surface area contributed by atoms with Crippen LogP contribution in [-0.4, -0.2) is 307 Å². The van der Waals surface area contributed by atoms with Crippen LogP contribution in [0.2, 0.25) is 0 Å². The van der Waals surface area contributed by atoms with E-state index in [0.717, 1.165) is 45.7 Å². The van der Waals surface area contributed by atoms with E-state index in [4.69, 9.17) is 9.47 Å². The molecule has 11 amide bonds. The standard InChI is InChI=1S/C45H82N12O13/c1-15-47(5)20-18-36(59)49(7)26-39(62)51(9)28-41(64)53(11)30-43(66)55(13)32-45(68)56(14)33-44(67)54(12)31-42(65)52(10)29-40(63)50(8)27-38(61)48(6)25-35(58)46-19-17-37(60)57(21-23-69-16-2)22-24-70-34(3)4/h34H,15-33H2,1-14H3,(H,46,58). The lowest BCUT2D eigenvalue weighted by Gasteiger charge is -2.27. The van der Waals surface area contributed by atoms with Crippen LogP contribution in [0.1, 0.15) is 40.5 Å². The number of likely N-dealkylation sites (N-methyl/N-ethyl adjacent to an activating group) is 9. The molecular weight excluding hydrogens is 917 g/mol. The van der Waals surface area contributed by atoms with Crippen molar-refractivity contribution in [2.24, 2.45) is 0 Å². The van der Waals surface area contributed by atoms with E-state index < -0.39 is 92.4 Å². The van der Waals surface area contributed by atoms with Crippen LogP contribution >= 0.6 is 0 Å². The van der Waals surface area contributed by atoms with Gasteiger partial charge in [-0.1, -0.05) is 6.92 Å². The van der Waals surface area contributed by atoms with Crippen molar-refractivity contribution in [3.8, 4) is 0 Å². The van der Waals surface area contributed by atoms with Crippen molar-refractivity contribution in [1.29, 1.82) is 0 Å². The van der Waals surface area contributed by atoms with Gasteiger partial charge in [-0.3, -0.25) is 52.7 Å². The number of hydrogen-bond acceptors (Lipinski definition) is 14. The fourth-order valence-electron chi connectivity index (χ4n) is 5.84. The van der Waals surface area contributed by atoms with Gasteiger partial charge < -0.3 is 68.7 Å². The van der Waals surface area contributed by atoms with Gasteiger partial charge in [-0.15, -0.1) is 0 Å². The van der Waals surface area contributed by atoms with Gasteiger partial charge in [0.2, 0.25) is 65.0 Å². The zero-order valence-corrected chi connectivity index (χ0v) is 44.2. The minimum absolute atomic E-state index is 0.0130. The predicted octanol–water partition coefficient (Wildman–Crippen LogP) is -3.75. The topological polar surface area (TPSA) is 254 Å². The SMILES string of the molecule is CCOCCN(CCOC(C)C)C(=O)CCNC(=O)CN(C)C(=O)CN(C)C(=O)CN(C)C(=O)CN(C)C(=O)CN(C)C(=O)CN(C)C(=O)CN(C)C(=O)CN(C)C(=O)CN(C)C(=O)CCN(C)CC. The molecule has 70 heavy (non-hydrogen) atoms. The second-order valence-electron chi connectivity index (χ2n) is 17.5. The molecule has 0 heterocycles. The van der Waals surface area contributed by atoms with Gasteiger partial charge in [0, 0.05) is 109 Å². The highest BCUT2D eigenvalue weighted by Gasteiger charge is 2.26. The quantitative estimate of drug-likeness (QED) is 0.0621. The monoisotopic (exact) mass is 999 g/mol. The van der Waals surface area contributed by atoms with E-state index in [1.54, 1.807) is 4.90 Å². The van der Waals surface area contributed by atoms with Gasteiger partial charge >= 0.3 is 0 Å². The van der Waals surface area contributed by atoms with Crippen molar-refractivity contribution in [3.63, 3.8) is 0 Å². The second-order valence-corrected chi connectivity index (χ2v) is 17.5. The average molecular weight is 999 g/mol. The molecule has 0 aromatic rings. The molecule has 25 nitrogen and oxygen atoms in total. The number of nitrogens with one attached hydrogen (secondary N) is 1. The minimum atomic E-state index is -0.616. The highest BCUT2D eigenvalue weighted by atomic mass is 16.5. The van der Waals surface area contributed by atoms with Crippen molar-refractivity contribution in [3.05, 3.63) is 0 Å². The first-order valence-electron chi connectivity index (χ1n) is 23.2. The largest absolute Gasteiger partial charge is 0.380 e. The lowest BCUT2D eigenvalue weighted by Crippen LogP contribution is -2.49. The first-order valence-corrected chi connectivity index (χ1v) is 23.2. The zero-order valence-electron chi connectivity index (χ0n) is 44.2. The minimum Gasteiger partial charge on any atom is -0.380 e. The third-order valence-electron chi connectivity index (χ3n) is 11.0. The van der Waals surface area contributed by atoms with E-state index in [2.05, 4.69) is 5.32 Å². The van der Waals surface area contributed by atoms with Crippen molar-refractivity contribution in [2.75, 3.05) is 182 Å². The highest BCUT2D eigenvalue weighted by Crippen LogP contribution is 2.02. The van der Waals surface area contributed by atoms with Crippen LogP contribution < -0.4 is 5.32 Å². The number of carbonyl (C=O) groups is 11. The molecule has 0 saturated heterocycles. The average Bonchev–Trinajstić information content (AvgIpc) is 3.29. The summed E-state index contributed by atoms with van der Waals surface area (Å²) in [7, 11) is 14.3. The molecule has 0 spiro atoms. The Morgan fingerprint density at radius 1 is 0.400 bits per heavy atom. The molecule has 0 bridgehead atoms. The molecule has 25 heteroatoms. The van der Waals surface area contributed by atoms with E-state index in [1.807, 2.05) is 39.6 Å². The van der Waals surface area contributed by atoms with Crippen LogP contribution in [0.25, 0.3) is 0 Å². The fourth-order valence-corrected chi connectivity index (χ4v) is 5.84. The molecule has 0 atom stereocenters. The zero-order chi connectivity index (χ0) is 53.8. The molecule has 0 radical (unpaired) electrons. The lowest BCUT2D eigenvalue weighted by molar-refractivity contribution is -0.146. The Morgan fingerprint density at radius 2 is 0.714 bits per heavy atom. The van der Waals surface area contributed by atoms with Gasteiger partial charge in [-0.05, 0) is 34.4 Å². The summed E-state index contributed by atoms with van der Waals surface area (Å²) in [6, 6.07) is 0. The molecule has 0 saturated carbocycles. The highest BCUT2D eigenvalue weighted by molar-refractivity contribution is 5.93. The second kappa shape index (κ2) is 33.6. The third-order valence-corrected chi connectivity index (χ3v) is 11.0. The van der Waals surface area contributed by atoms with Crippen LogP contribution in [0.3, 0.4) is 0 Å². The van der Waals surface area contributed by atoms with Gasteiger partial charge in [0.25, 0.3) is 0 Å². The van der Waals surface area contributed by atoms with Crippen molar-refractivity contribution in [1.82, 2.24) is 59.2 Å².